The molecule has 0 spiro atoms. The van der Waals surface area contributed by atoms with Gasteiger partial charge >= 0.3 is 0 Å². The minimum absolute atomic E-state index is 0.462. The summed E-state index contributed by atoms with van der Waals surface area (Å²) in [6.07, 6.45) is 2.29. The van der Waals surface area contributed by atoms with Crippen LogP contribution in [0, 0.1) is 11.3 Å². The molecule has 0 radical (unpaired) electrons. The Morgan fingerprint density at radius 3 is 1.45 bits per heavy atom. The highest BCUT2D eigenvalue weighted by Gasteiger charge is 2.42. The fraction of sp³-hybridized carbons (Fsp3) is 0.0377. The van der Waals surface area contributed by atoms with Crippen LogP contribution in [-0.2, 0) is 15.9 Å². The fourth-order valence-electron chi connectivity index (χ4n) is 8.44. The van der Waals surface area contributed by atoms with Gasteiger partial charge in [-0.1, -0.05) is 199 Å². The number of aldehydes is 1. The lowest BCUT2D eigenvalue weighted by molar-refractivity contribution is -0.104. The highest BCUT2D eigenvalue weighted by molar-refractivity contribution is 5.98. The lowest BCUT2D eigenvalue weighted by Crippen LogP contribution is -2.39. The van der Waals surface area contributed by atoms with Crippen molar-refractivity contribution < 1.29 is 4.79 Å². The number of benzene rings is 7. The van der Waals surface area contributed by atoms with Crippen molar-refractivity contribution in [2.75, 3.05) is 5.32 Å². The van der Waals surface area contributed by atoms with E-state index >= 15 is 0 Å². The van der Waals surface area contributed by atoms with Crippen LogP contribution < -0.4 is 5.32 Å². The monoisotopic (exact) mass is 774 g/mol. The maximum Gasteiger partial charge on any atom is 0.182 e. The summed E-state index contributed by atoms with van der Waals surface area (Å²) in [6.45, 7) is 0. The molecule has 0 saturated carbocycles. The van der Waals surface area contributed by atoms with Crippen molar-refractivity contribution in [1.29, 1.82) is 5.26 Å². The summed E-state index contributed by atoms with van der Waals surface area (Å²) in [6, 6.07) is 73.3. The van der Waals surface area contributed by atoms with Crippen molar-refractivity contribution >= 4 is 28.8 Å². The third kappa shape index (κ3) is 6.52. The zero-order valence-corrected chi connectivity index (χ0v) is 32.5. The molecule has 7 nitrogen and oxygen atoms in total. The van der Waals surface area contributed by atoms with E-state index in [-0.39, 0.29) is 0 Å². The first kappa shape index (κ1) is 37.4. The minimum Gasteiger partial charge on any atom is -0.353 e. The number of nitrogens with one attached hydrogen (secondary N) is 1. The van der Waals surface area contributed by atoms with Crippen molar-refractivity contribution in [2.45, 2.75) is 11.1 Å². The Labute approximate surface area is 348 Å². The highest BCUT2D eigenvalue weighted by Crippen LogP contribution is 2.44. The highest BCUT2D eigenvalue weighted by atomic mass is 16.1. The zero-order valence-electron chi connectivity index (χ0n) is 32.5. The van der Waals surface area contributed by atoms with Crippen LogP contribution in [0.25, 0.3) is 16.7 Å². The predicted octanol–water partition coefficient (Wildman–Crippen LogP) is 10.6. The van der Waals surface area contributed by atoms with E-state index in [4.69, 9.17) is 15.3 Å². The van der Waals surface area contributed by atoms with Crippen LogP contribution in [0.1, 0.15) is 50.1 Å². The van der Waals surface area contributed by atoms with E-state index in [1.807, 2.05) is 132 Å². The predicted molar refractivity (Wildman–Crippen MR) is 237 cm³/mol. The van der Waals surface area contributed by atoms with Crippen molar-refractivity contribution in [3.05, 3.63) is 268 Å². The molecule has 1 N–H and O–H groups in total. The van der Waals surface area contributed by atoms with Crippen LogP contribution in [0.5, 0.6) is 0 Å². The third-order valence-electron chi connectivity index (χ3n) is 11.1. The molecule has 9 aromatic rings. The molecule has 2 heterocycles. The van der Waals surface area contributed by atoms with Gasteiger partial charge in [0.05, 0.1) is 11.6 Å². The Bertz CT molecular complexity index is 2770. The van der Waals surface area contributed by atoms with Crippen molar-refractivity contribution in [3.8, 4) is 6.07 Å². The van der Waals surface area contributed by atoms with E-state index in [0.717, 1.165) is 39.7 Å². The average molecular weight is 775 g/mol. The Morgan fingerprint density at radius 2 is 1.02 bits per heavy atom. The Kier molecular flexibility index (Phi) is 10.2. The maximum atomic E-state index is 12.6. The molecule has 0 aliphatic carbocycles. The number of carbonyl (C=O) groups is 1. The molecule has 0 amide bonds. The summed E-state index contributed by atoms with van der Waals surface area (Å²) >= 11 is 0. The van der Waals surface area contributed by atoms with E-state index in [1.165, 1.54) is 6.08 Å². The number of hydrogen-bond acceptors (Lipinski definition) is 6. The number of nitriles is 1. The van der Waals surface area contributed by atoms with Gasteiger partial charge < -0.3 is 5.32 Å². The van der Waals surface area contributed by atoms with Gasteiger partial charge in [0.1, 0.15) is 28.7 Å². The number of pyridine rings is 1. The Hall–Kier alpha value is -8.21. The average Bonchev–Trinajstić information content (AvgIpc) is 3.76. The molecule has 9 rings (SSSR count). The fourth-order valence-corrected chi connectivity index (χ4v) is 8.44. The second-order valence-electron chi connectivity index (χ2n) is 14.4. The molecule has 286 valence electrons. The van der Waals surface area contributed by atoms with Gasteiger partial charge in [-0.3, -0.25) is 4.79 Å². The van der Waals surface area contributed by atoms with Gasteiger partial charge in [-0.2, -0.15) is 5.26 Å². The molecule has 0 bridgehead atoms. The smallest absolute Gasteiger partial charge is 0.182 e. The molecular formula is C53H38N6O. The first-order valence-corrected chi connectivity index (χ1v) is 19.7. The molecule has 0 atom stereocenters. The van der Waals surface area contributed by atoms with Crippen LogP contribution in [0.4, 0.5) is 5.82 Å². The number of fused-ring (bicyclic) bond motifs is 1. The van der Waals surface area contributed by atoms with Crippen LogP contribution in [-0.4, -0.2) is 26.3 Å². The van der Waals surface area contributed by atoms with Gasteiger partial charge in [-0.25, -0.2) is 9.67 Å². The van der Waals surface area contributed by atoms with Crippen molar-refractivity contribution in [3.63, 3.8) is 0 Å². The van der Waals surface area contributed by atoms with Gasteiger partial charge in [0.25, 0.3) is 0 Å². The number of anilines is 1. The lowest BCUT2D eigenvalue weighted by Gasteiger charge is -2.38. The SMILES string of the molecule is N#Cc1cccc(C(=CC=O)c2cc(NC(c3ccccc3)(c3ccccc3)c3ccccc3)nc3c2nnn3C(c2ccccc2)(c2ccccc2)c2ccccc2)c1. The number of allylic oxidation sites excluding steroid dienone is 1. The summed E-state index contributed by atoms with van der Waals surface area (Å²) in [5.41, 5.74) is 7.13. The quantitative estimate of drug-likeness (QED) is 0.0754. The molecule has 7 aromatic carbocycles. The first-order valence-electron chi connectivity index (χ1n) is 19.7. The molecule has 0 unspecified atom stereocenters. The molecule has 0 aliphatic heterocycles. The number of nitrogens with zero attached hydrogens (tertiary/aromatic N) is 5. The number of hydrogen-bond donors (Lipinski definition) is 1. The van der Waals surface area contributed by atoms with Crippen LogP contribution in [0.15, 0.2) is 218 Å². The Morgan fingerprint density at radius 1 is 0.567 bits per heavy atom. The van der Waals surface area contributed by atoms with Crippen molar-refractivity contribution in [2.24, 2.45) is 0 Å². The summed E-state index contributed by atoms with van der Waals surface area (Å²) in [5, 5.41) is 23.9. The van der Waals surface area contributed by atoms with E-state index in [9.17, 15) is 10.1 Å². The van der Waals surface area contributed by atoms with E-state index < -0.39 is 11.1 Å². The number of rotatable bonds is 12. The second kappa shape index (κ2) is 16.3. The van der Waals surface area contributed by atoms with Gasteiger partial charge in [-0.15, -0.1) is 5.10 Å². The number of aromatic nitrogens is 4. The van der Waals surface area contributed by atoms with Gasteiger partial charge in [0, 0.05) is 5.56 Å². The summed E-state index contributed by atoms with van der Waals surface area (Å²) in [4.78, 5) is 18.2. The van der Waals surface area contributed by atoms with Crippen LogP contribution in [0.2, 0.25) is 0 Å². The molecule has 2 aromatic heterocycles. The van der Waals surface area contributed by atoms with Gasteiger partial charge in [-0.05, 0) is 68.8 Å². The van der Waals surface area contributed by atoms with Gasteiger partial charge in [0.15, 0.2) is 5.65 Å². The normalized spacial score (nSPS) is 11.8. The van der Waals surface area contributed by atoms with E-state index in [0.29, 0.717) is 39.2 Å². The van der Waals surface area contributed by atoms with Crippen LogP contribution in [0.3, 0.4) is 0 Å². The van der Waals surface area contributed by atoms with E-state index in [2.05, 4.69) is 84.2 Å². The van der Waals surface area contributed by atoms with Crippen LogP contribution >= 0.6 is 0 Å². The lowest BCUT2D eigenvalue weighted by atomic mass is 9.77. The minimum atomic E-state index is -1.05. The molecular weight excluding hydrogens is 737 g/mol. The van der Waals surface area contributed by atoms with E-state index in [1.54, 1.807) is 12.1 Å². The molecule has 0 fully saturated rings. The second-order valence-corrected chi connectivity index (χ2v) is 14.4. The largest absolute Gasteiger partial charge is 0.353 e. The molecule has 7 heteroatoms. The standard InChI is InChI=1S/C53H38N6O/c54-38-39-20-19-21-40(36-39)47(34-35-60)48-37-49(56-52(41-22-7-1-8-23-41,42-24-9-2-10-25-42)43-26-11-3-12-27-43)55-51-50(48)57-58-59(51)53(44-28-13-4-14-29-44,45-30-15-5-16-31-45)46-32-17-6-18-33-46/h1-37H,(H,55,56). The molecule has 0 saturated heterocycles. The maximum absolute atomic E-state index is 12.6. The zero-order chi connectivity index (χ0) is 40.8. The number of carbonyl (C=O) groups excluding carboxylic acids is 1. The topological polar surface area (TPSA) is 96.5 Å². The Balaban J connectivity index is 1.42. The third-order valence-corrected chi connectivity index (χ3v) is 11.1. The van der Waals surface area contributed by atoms with Gasteiger partial charge in [0.2, 0.25) is 0 Å². The molecule has 60 heavy (non-hydrogen) atoms. The summed E-state index contributed by atoms with van der Waals surface area (Å²) in [7, 11) is 0. The molecule has 0 aliphatic rings. The summed E-state index contributed by atoms with van der Waals surface area (Å²) < 4.78 is 1.91. The first-order chi connectivity index (χ1) is 29.7. The summed E-state index contributed by atoms with van der Waals surface area (Å²) in [5.74, 6) is 0.508. The van der Waals surface area contributed by atoms with Crippen molar-refractivity contribution in [1.82, 2.24) is 20.0 Å².